The molecule has 2 aromatic heterocycles. The number of amides is 1. The molecule has 1 aliphatic rings. The van der Waals surface area contributed by atoms with E-state index in [4.69, 9.17) is 0 Å². The van der Waals surface area contributed by atoms with E-state index in [2.05, 4.69) is 20.6 Å². The summed E-state index contributed by atoms with van der Waals surface area (Å²) in [6.07, 6.45) is 0. The number of aromatic amines is 1. The first-order chi connectivity index (χ1) is 12.4. The van der Waals surface area contributed by atoms with Crippen molar-refractivity contribution >= 4 is 27.5 Å². The van der Waals surface area contributed by atoms with E-state index < -0.39 is 0 Å². The normalized spacial score (nSPS) is 14.5. The third-order valence-corrected chi connectivity index (χ3v) is 6.03. The van der Waals surface area contributed by atoms with Crippen LogP contribution in [0.5, 0.6) is 0 Å². The van der Waals surface area contributed by atoms with Gasteiger partial charge in [0, 0.05) is 23.5 Å². The number of fused-ring (bicyclic) bond motifs is 2. The molecule has 1 unspecified atom stereocenters. The first-order valence-electron chi connectivity index (χ1n) is 8.57. The molecule has 6 nitrogen and oxygen atoms in total. The summed E-state index contributed by atoms with van der Waals surface area (Å²) in [5.41, 5.74) is 3.80. The van der Waals surface area contributed by atoms with E-state index in [9.17, 15) is 9.59 Å². The molecule has 4 rings (SSSR count). The number of rotatable bonds is 4. The minimum Gasteiger partial charge on any atom is -0.348 e. The number of H-pyrrole nitrogens is 1. The first kappa shape index (κ1) is 16.9. The van der Waals surface area contributed by atoms with Crippen molar-refractivity contribution < 1.29 is 4.79 Å². The Morgan fingerprint density at radius 3 is 2.92 bits per heavy atom. The average Bonchev–Trinajstić information content (AvgIpc) is 3.12. The average molecular weight is 368 g/mol. The van der Waals surface area contributed by atoms with Crippen molar-refractivity contribution in [3.05, 3.63) is 61.5 Å². The van der Waals surface area contributed by atoms with Gasteiger partial charge in [-0.05, 0) is 43.5 Å². The molecule has 0 saturated carbocycles. The lowest BCUT2D eigenvalue weighted by Gasteiger charge is -2.13. The van der Waals surface area contributed by atoms with Crippen LogP contribution in [-0.2, 0) is 13.1 Å². The molecule has 0 radical (unpaired) electrons. The van der Waals surface area contributed by atoms with Gasteiger partial charge in [0.25, 0.3) is 11.5 Å². The second-order valence-corrected chi connectivity index (χ2v) is 7.89. The van der Waals surface area contributed by atoms with Crippen molar-refractivity contribution in [2.24, 2.45) is 0 Å². The smallest absolute Gasteiger partial charge is 0.259 e. The molecule has 0 spiro atoms. The van der Waals surface area contributed by atoms with Crippen molar-refractivity contribution in [2.75, 3.05) is 0 Å². The number of nitrogens with one attached hydrogen (secondary N) is 3. The predicted octanol–water partition coefficient (Wildman–Crippen LogP) is 2.70. The van der Waals surface area contributed by atoms with Crippen LogP contribution >= 0.6 is 11.3 Å². The van der Waals surface area contributed by atoms with Gasteiger partial charge >= 0.3 is 0 Å². The van der Waals surface area contributed by atoms with Gasteiger partial charge in [0.15, 0.2) is 0 Å². The summed E-state index contributed by atoms with van der Waals surface area (Å²) in [6, 6.07) is 5.76. The molecule has 1 aromatic carbocycles. The number of aromatic nitrogens is 2. The number of benzene rings is 1. The fraction of sp³-hybridized carbons (Fsp3) is 0.316. The van der Waals surface area contributed by atoms with Gasteiger partial charge in [-0.25, -0.2) is 4.98 Å². The maximum Gasteiger partial charge on any atom is 0.259 e. The molecule has 26 heavy (non-hydrogen) atoms. The molecule has 7 heteroatoms. The lowest BCUT2D eigenvalue weighted by Crippen LogP contribution is -2.23. The molecule has 3 aromatic rings. The molecular formula is C19H20N4O2S. The van der Waals surface area contributed by atoms with Gasteiger partial charge in [-0.15, -0.1) is 11.3 Å². The largest absolute Gasteiger partial charge is 0.348 e. The molecule has 1 amide bonds. The Hall–Kier alpha value is -2.51. The third kappa shape index (κ3) is 2.83. The zero-order chi connectivity index (χ0) is 18.4. The van der Waals surface area contributed by atoms with Crippen LogP contribution in [0.15, 0.2) is 23.0 Å². The molecule has 0 aliphatic carbocycles. The number of nitrogens with zero attached hydrogens (tertiary/aromatic N) is 1. The molecule has 134 valence electrons. The minimum absolute atomic E-state index is 0.00973. The highest BCUT2D eigenvalue weighted by molar-refractivity contribution is 7.18. The van der Waals surface area contributed by atoms with Crippen molar-refractivity contribution in [3.63, 3.8) is 0 Å². The predicted molar refractivity (Wildman–Crippen MR) is 103 cm³/mol. The molecule has 1 aliphatic heterocycles. The van der Waals surface area contributed by atoms with Gasteiger partial charge in [-0.2, -0.15) is 0 Å². The monoisotopic (exact) mass is 368 g/mol. The van der Waals surface area contributed by atoms with Gasteiger partial charge in [-0.1, -0.05) is 12.1 Å². The van der Waals surface area contributed by atoms with E-state index >= 15 is 0 Å². The summed E-state index contributed by atoms with van der Waals surface area (Å²) in [5.74, 6) is 0.631. The topological polar surface area (TPSA) is 86.9 Å². The molecule has 1 atom stereocenters. The first-order valence-corrected chi connectivity index (χ1v) is 9.39. The number of thiophene rings is 1. The highest BCUT2D eigenvalue weighted by Crippen LogP contribution is 2.26. The summed E-state index contributed by atoms with van der Waals surface area (Å²) in [7, 11) is 0. The van der Waals surface area contributed by atoms with Crippen LogP contribution in [0, 0.1) is 13.8 Å². The maximum atomic E-state index is 12.4. The number of aryl methyl sites for hydroxylation is 2. The van der Waals surface area contributed by atoms with Gasteiger partial charge in [0.2, 0.25) is 0 Å². The summed E-state index contributed by atoms with van der Waals surface area (Å²) in [5, 5.41) is 6.92. The fourth-order valence-corrected chi connectivity index (χ4v) is 4.28. The number of carbonyl (C=O) groups is 1. The SMILES string of the molecule is Cc1sc2nc(C(C)NCc3ccc4c(c3)CNC4=O)[nH]c(=O)c2c1C. The lowest BCUT2D eigenvalue weighted by molar-refractivity contribution is 0.0966. The van der Waals surface area contributed by atoms with Crippen LogP contribution in [0.3, 0.4) is 0 Å². The van der Waals surface area contributed by atoms with Crippen molar-refractivity contribution in [1.29, 1.82) is 0 Å². The van der Waals surface area contributed by atoms with Crippen LogP contribution in [0.4, 0.5) is 0 Å². The van der Waals surface area contributed by atoms with E-state index in [0.29, 0.717) is 24.3 Å². The van der Waals surface area contributed by atoms with Gasteiger partial charge in [-0.3, -0.25) is 9.59 Å². The summed E-state index contributed by atoms with van der Waals surface area (Å²) >= 11 is 1.55. The van der Waals surface area contributed by atoms with Crippen molar-refractivity contribution in [3.8, 4) is 0 Å². The zero-order valence-electron chi connectivity index (χ0n) is 14.9. The van der Waals surface area contributed by atoms with Crippen LogP contribution in [0.2, 0.25) is 0 Å². The van der Waals surface area contributed by atoms with Crippen LogP contribution in [0.25, 0.3) is 10.2 Å². The Morgan fingerprint density at radius 1 is 1.31 bits per heavy atom. The van der Waals surface area contributed by atoms with Crippen LogP contribution in [0.1, 0.15) is 50.7 Å². The third-order valence-electron chi connectivity index (χ3n) is 4.93. The van der Waals surface area contributed by atoms with E-state index in [1.807, 2.05) is 39.0 Å². The van der Waals surface area contributed by atoms with E-state index in [1.165, 1.54) is 0 Å². The molecule has 0 bridgehead atoms. The Bertz CT molecular complexity index is 1080. The fourth-order valence-electron chi connectivity index (χ4n) is 3.24. The molecular weight excluding hydrogens is 348 g/mol. The van der Waals surface area contributed by atoms with Gasteiger partial charge in [0.05, 0.1) is 11.4 Å². The van der Waals surface area contributed by atoms with Crippen molar-refractivity contribution in [1.82, 2.24) is 20.6 Å². The highest BCUT2D eigenvalue weighted by atomic mass is 32.1. The second kappa shape index (κ2) is 6.34. The zero-order valence-corrected chi connectivity index (χ0v) is 15.7. The Labute approximate surface area is 154 Å². The second-order valence-electron chi connectivity index (χ2n) is 6.69. The quantitative estimate of drug-likeness (QED) is 0.661. The summed E-state index contributed by atoms with van der Waals surface area (Å²) < 4.78 is 0. The number of hydrogen-bond donors (Lipinski definition) is 3. The summed E-state index contributed by atoms with van der Waals surface area (Å²) in [6.45, 7) is 7.17. The Morgan fingerprint density at radius 2 is 2.12 bits per heavy atom. The van der Waals surface area contributed by atoms with Crippen LogP contribution in [-0.4, -0.2) is 15.9 Å². The highest BCUT2D eigenvalue weighted by Gasteiger charge is 2.19. The van der Waals surface area contributed by atoms with Gasteiger partial charge < -0.3 is 15.6 Å². The Balaban J connectivity index is 1.54. The van der Waals surface area contributed by atoms with E-state index in [0.717, 1.165) is 32.0 Å². The number of carbonyl (C=O) groups excluding carboxylic acids is 1. The molecule has 0 saturated heterocycles. The molecule has 0 fully saturated rings. The maximum absolute atomic E-state index is 12.4. The molecule has 3 N–H and O–H groups in total. The van der Waals surface area contributed by atoms with E-state index in [-0.39, 0.29) is 17.5 Å². The van der Waals surface area contributed by atoms with Crippen LogP contribution < -0.4 is 16.2 Å². The van der Waals surface area contributed by atoms with Gasteiger partial charge in [0.1, 0.15) is 10.7 Å². The lowest BCUT2D eigenvalue weighted by atomic mass is 10.1. The minimum atomic E-state index is -0.0946. The Kier molecular flexibility index (Phi) is 4.13. The molecule has 3 heterocycles. The number of hydrogen-bond acceptors (Lipinski definition) is 5. The standard InChI is InChI=1S/C19H20N4O2S/c1-9-11(3)26-19-15(9)18(25)22-16(23-19)10(2)20-7-12-4-5-14-13(6-12)8-21-17(14)24/h4-6,10,20H,7-8H2,1-3H3,(H,21,24)(H,22,23,25). The van der Waals surface area contributed by atoms with Crippen molar-refractivity contribution in [2.45, 2.75) is 39.9 Å². The van der Waals surface area contributed by atoms with E-state index in [1.54, 1.807) is 11.3 Å². The summed E-state index contributed by atoms with van der Waals surface area (Å²) in [4.78, 5) is 33.5.